The summed E-state index contributed by atoms with van der Waals surface area (Å²) in [5, 5.41) is 2.68. The molecule has 1 N–H and O–H groups in total. The van der Waals surface area contributed by atoms with Gasteiger partial charge in [0.25, 0.3) is 5.91 Å². The van der Waals surface area contributed by atoms with Crippen molar-refractivity contribution in [3.8, 4) is 5.75 Å². The topological polar surface area (TPSA) is 84.9 Å². The van der Waals surface area contributed by atoms with Gasteiger partial charge in [-0.25, -0.2) is 14.5 Å². The summed E-state index contributed by atoms with van der Waals surface area (Å²) in [5.41, 5.74) is 0.216. The maximum absolute atomic E-state index is 13.0. The molecular weight excluding hydrogens is 348 g/mol. The van der Waals surface area contributed by atoms with Gasteiger partial charge in [0.15, 0.2) is 0 Å². The maximum atomic E-state index is 13.0. The average molecular weight is 374 g/mol. The van der Waals surface area contributed by atoms with Crippen LogP contribution in [0.2, 0.25) is 0 Å². The molecule has 2 atom stereocenters. The number of nitrogens with one attached hydrogen (secondary N) is 1. The van der Waals surface area contributed by atoms with Crippen molar-refractivity contribution in [2.75, 3.05) is 6.61 Å². The molecule has 1 aliphatic heterocycles. The van der Waals surface area contributed by atoms with Gasteiger partial charge in [-0.15, -0.1) is 0 Å². The first-order valence-electron chi connectivity index (χ1n) is 8.80. The van der Waals surface area contributed by atoms with Crippen LogP contribution in [0, 0.1) is 0 Å². The molecular formula is C20H26N2O5. The van der Waals surface area contributed by atoms with E-state index in [1.54, 1.807) is 45.0 Å². The van der Waals surface area contributed by atoms with E-state index in [-0.39, 0.29) is 6.10 Å². The Morgan fingerprint density at radius 2 is 1.81 bits per heavy atom. The number of carbonyl (C=O) groups excluding carboxylic acids is 3. The first-order chi connectivity index (χ1) is 12.6. The van der Waals surface area contributed by atoms with E-state index in [4.69, 9.17) is 9.47 Å². The van der Waals surface area contributed by atoms with Crippen LogP contribution in [-0.2, 0) is 19.9 Å². The second kappa shape index (κ2) is 7.82. The molecule has 1 saturated heterocycles. The highest BCUT2D eigenvalue weighted by atomic mass is 16.5. The lowest BCUT2D eigenvalue weighted by molar-refractivity contribution is -0.155. The van der Waals surface area contributed by atoms with Crippen molar-refractivity contribution >= 4 is 17.9 Å². The lowest BCUT2D eigenvalue weighted by atomic mass is 9.92. The van der Waals surface area contributed by atoms with Crippen LogP contribution in [0.1, 0.15) is 40.2 Å². The van der Waals surface area contributed by atoms with Crippen molar-refractivity contribution in [1.29, 1.82) is 0 Å². The zero-order valence-corrected chi connectivity index (χ0v) is 16.4. The van der Waals surface area contributed by atoms with Crippen LogP contribution >= 0.6 is 0 Å². The Hall–Kier alpha value is -2.83. The van der Waals surface area contributed by atoms with Crippen LogP contribution in [-0.4, -0.2) is 41.6 Å². The molecule has 1 aromatic carbocycles. The fourth-order valence-electron chi connectivity index (χ4n) is 2.74. The molecule has 1 aliphatic rings. The van der Waals surface area contributed by atoms with Gasteiger partial charge in [-0.1, -0.05) is 18.7 Å². The summed E-state index contributed by atoms with van der Waals surface area (Å²) < 4.78 is 10.7. The average Bonchev–Trinajstić information content (AvgIpc) is 2.82. The third kappa shape index (κ3) is 4.30. The van der Waals surface area contributed by atoms with Crippen LogP contribution in [0.5, 0.6) is 5.75 Å². The first kappa shape index (κ1) is 20.5. The Morgan fingerprint density at radius 3 is 2.33 bits per heavy atom. The Morgan fingerprint density at radius 1 is 1.22 bits per heavy atom. The SMILES string of the molecule is C=C(C)COc1ccc(C2(C)NC(=O)N(C(C)C(=O)OC(C)C)C2=O)cc1. The molecule has 0 bridgehead atoms. The van der Waals surface area contributed by atoms with E-state index in [1.165, 1.54) is 6.92 Å². The van der Waals surface area contributed by atoms with Crippen LogP contribution in [0.4, 0.5) is 4.79 Å². The molecule has 0 aromatic heterocycles. The minimum atomic E-state index is -1.27. The number of esters is 1. The summed E-state index contributed by atoms with van der Waals surface area (Å²) in [4.78, 5) is 38.4. The van der Waals surface area contributed by atoms with Crippen LogP contribution < -0.4 is 10.1 Å². The first-order valence-corrected chi connectivity index (χ1v) is 8.80. The summed E-state index contributed by atoms with van der Waals surface area (Å²) in [6.07, 6.45) is -0.334. The second-order valence-electron chi connectivity index (χ2n) is 7.16. The van der Waals surface area contributed by atoms with Crippen LogP contribution in [0.25, 0.3) is 0 Å². The molecule has 1 fully saturated rings. The number of rotatable bonds is 7. The highest BCUT2D eigenvalue weighted by Gasteiger charge is 2.52. The number of imide groups is 1. The molecule has 0 spiro atoms. The van der Waals surface area contributed by atoms with Gasteiger partial charge >= 0.3 is 12.0 Å². The van der Waals surface area contributed by atoms with E-state index in [0.717, 1.165) is 10.5 Å². The fraction of sp³-hybridized carbons (Fsp3) is 0.450. The van der Waals surface area contributed by atoms with E-state index in [9.17, 15) is 14.4 Å². The van der Waals surface area contributed by atoms with Gasteiger partial charge in [0.05, 0.1) is 6.10 Å². The molecule has 2 unspecified atom stereocenters. The summed E-state index contributed by atoms with van der Waals surface area (Å²) >= 11 is 0. The van der Waals surface area contributed by atoms with E-state index in [2.05, 4.69) is 11.9 Å². The van der Waals surface area contributed by atoms with Crippen molar-refractivity contribution in [3.05, 3.63) is 42.0 Å². The predicted octanol–water partition coefficient (Wildman–Crippen LogP) is 2.75. The maximum Gasteiger partial charge on any atom is 0.329 e. The normalized spacial score (nSPS) is 20.4. The second-order valence-corrected chi connectivity index (χ2v) is 7.16. The minimum absolute atomic E-state index is 0.334. The zero-order valence-electron chi connectivity index (χ0n) is 16.4. The summed E-state index contributed by atoms with van der Waals surface area (Å²) in [7, 11) is 0. The number of amides is 3. The van der Waals surface area contributed by atoms with E-state index in [1.807, 2.05) is 6.92 Å². The summed E-state index contributed by atoms with van der Waals surface area (Å²) in [6, 6.07) is 5.24. The monoisotopic (exact) mass is 374 g/mol. The van der Waals surface area contributed by atoms with Crippen LogP contribution in [0.3, 0.4) is 0 Å². The molecule has 146 valence electrons. The zero-order chi connectivity index (χ0) is 20.4. The van der Waals surface area contributed by atoms with Gasteiger partial charge in [0.2, 0.25) is 0 Å². The number of hydrogen-bond acceptors (Lipinski definition) is 5. The van der Waals surface area contributed by atoms with E-state index < -0.39 is 29.5 Å². The molecule has 0 saturated carbocycles. The lowest BCUT2D eigenvalue weighted by Gasteiger charge is -2.24. The van der Waals surface area contributed by atoms with Crippen molar-refractivity contribution in [3.63, 3.8) is 0 Å². The number of ether oxygens (including phenoxy) is 2. The smallest absolute Gasteiger partial charge is 0.329 e. The molecule has 7 heteroatoms. The molecule has 27 heavy (non-hydrogen) atoms. The van der Waals surface area contributed by atoms with Crippen molar-refractivity contribution < 1.29 is 23.9 Å². The predicted molar refractivity (Wildman–Crippen MR) is 100 cm³/mol. The number of nitrogens with zero attached hydrogens (tertiary/aromatic N) is 1. The Balaban J connectivity index is 2.20. The van der Waals surface area contributed by atoms with Gasteiger partial charge in [-0.2, -0.15) is 0 Å². The number of benzene rings is 1. The van der Waals surface area contributed by atoms with Gasteiger partial charge < -0.3 is 14.8 Å². The van der Waals surface area contributed by atoms with E-state index >= 15 is 0 Å². The number of urea groups is 1. The van der Waals surface area contributed by atoms with Gasteiger partial charge in [-0.3, -0.25) is 4.79 Å². The third-order valence-electron chi connectivity index (χ3n) is 4.22. The van der Waals surface area contributed by atoms with Gasteiger partial charge in [0, 0.05) is 0 Å². The standard InChI is InChI=1S/C20H26N2O5/c1-12(2)11-26-16-9-7-15(8-10-16)20(6)18(24)22(19(25)21-20)14(5)17(23)27-13(3)4/h7-10,13-14H,1,11H2,2-6H3,(H,21,25). The molecule has 0 aliphatic carbocycles. The number of hydrogen-bond donors (Lipinski definition) is 1. The Labute approximate surface area is 159 Å². The van der Waals surface area contributed by atoms with Crippen molar-refractivity contribution in [2.24, 2.45) is 0 Å². The minimum Gasteiger partial charge on any atom is -0.489 e. The van der Waals surface area contributed by atoms with Gasteiger partial charge in [0.1, 0.15) is 23.9 Å². The Bertz CT molecular complexity index is 756. The Kier molecular flexibility index (Phi) is 5.93. The fourth-order valence-corrected chi connectivity index (χ4v) is 2.74. The number of carbonyl (C=O) groups is 3. The molecule has 3 amide bonds. The molecule has 2 rings (SSSR count). The quantitative estimate of drug-likeness (QED) is 0.451. The van der Waals surface area contributed by atoms with Crippen LogP contribution in [0.15, 0.2) is 36.4 Å². The molecule has 7 nitrogen and oxygen atoms in total. The molecule has 1 heterocycles. The largest absolute Gasteiger partial charge is 0.489 e. The van der Waals surface area contributed by atoms with Crippen molar-refractivity contribution in [2.45, 2.75) is 52.3 Å². The summed E-state index contributed by atoms with van der Waals surface area (Å²) in [5.74, 6) is -0.495. The van der Waals surface area contributed by atoms with E-state index in [0.29, 0.717) is 17.9 Å². The van der Waals surface area contributed by atoms with Gasteiger partial charge in [-0.05, 0) is 57.9 Å². The third-order valence-corrected chi connectivity index (χ3v) is 4.22. The summed E-state index contributed by atoms with van der Waals surface area (Å²) in [6.45, 7) is 12.5. The lowest BCUT2D eigenvalue weighted by Crippen LogP contribution is -2.46. The molecule has 1 aromatic rings. The highest BCUT2D eigenvalue weighted by Crippen LogP contribution is 2.31. The van der Waals surface area contributed by atoms with Crippen molar-refractivity contribution in [1.82, 2.24) is 10.2 Å². The highest BCUT2D eigenvalue weighted by molar-refractivity contribution is 6.09. The molecule has 0 radical (unpaired) electrons.